The van der Waals surface area contributed by atoms with Gasteiger partial charge in [-0.1, -0.05) is 0 Å². The lowest BCUT2D eigenvalue weighted by Crippen LogP contribution is -2.45. The number of thiophene rings is 1. The van der Waals surface area contributed by atoms with Crippen molar-refractivity contribution in [1.82, 2.24) is 14.0 Å². The fourth-order valence-electron chi connectivity index (χ4n) is 2.89. The van der Waals surface area contributed by atoms with Crippen LogP contribution in [0.5, 0.6) is 0 Å². The van der Waals surface area contributed by atoms with Crippen molar-refractivity contribution in [3.8, 4) is 6.07 Å². The second kappa shape index (κ2) is 6.45. The molecule has 0 aromatic carbocycles. The van der Waals surface area contributed by atoms with E-state index in [0.717, 1.165) is 16.6 Å². The third-order valence-corrected chi connectivity index (χ3v) is 4.89. The minimum Gasteiger partial charge on any atom is -0.340 e. The van der Waals surface area contributed by atoms with Crippen molar-refractivity contribution < 1.29 is 4.79 Å². The molecular weight excluding hydrogens is 328 g/mol. The Hall–Kier alpha value is -2.66. The number of nitrogens with zero attached hydrogens (tertiary/aromatic N) is 4. The van der Waals surface area contributed by atoms with Gasteiger partial charge in [-0.2, -0.15) is 16.6 Å². The van der Waals surface area contributed by atoms with Gasteiger partial charge in [-0.15, -0.1) is 0 Å². The first kappa shape index (κ1) is 16.2. The van der Waals surface area contributed by atoms with Crippen molar-refractivity contribution in [2.45, 2.75) is 32.5 Å². The highest BCUT2D eigenvalue weighted by atomic mass is 32.1. The maximum Gasteiger partial charge on any atom is 0.331 e. The highest BCUT2D eigenvalue weighted by molar-refractivity contribution is 7.07. The Morgan fingerprint density at radius 1 is 1.46 bits per heavy atom. The highest BCUT2D eigenvalue weighted by Crippen LogP contribution is 2.13. The van der Waals surface area contributed by atoms with E-state index in [1.165, 1.54) is 20.8 Å². The number of hydrogen-bond donors (Lipinski definition) is 0. The Bertz CT molecular complexity index is 934. The molecule has 2 aromatic rings. The van der Waals surface area contributed by atoms with E-state index in [2.05, 4.69) is 0 Å². The van der Waals surface area contributed by atoms with Gasteiger partial charge in [0.15, 0.2) is 0 Å². The lowest BCUT2D eigenvalue weighted by Gasteiger charge is -2.17. The number of nitriles is 1. The Balaban J connectivity index is 1.90. The van der Waals surface area contributed by atoms with Gasteiger partial charge in [-0.05, 0) is 35.2 Å². The topological polar surface area (TPSA) is 88.1 Å². The third kappa shape index (κ3) is 2.78. The van der Waals surface area contributed by atoms with Crippen molar-refractivity contribution in [1.29, 1.82) is 5.26 Å². The molecule has 0 unspecified atom stereocenters. The van der Waals surface area contributed by atoms with Crippen LogP contribution >= 0.6 is 11.3 Å². The van der Waals surface area contributed by atoms with Gasteiger partial charge in [0.05, 0.1) is 0 Å². The molecule has 0 fully saturated rings. The van der Waals surface area contributed by atoms with E-state index in [4.69, 9.17) is 0 Å². The van der Waals surface area contributed by atoms with E-state index in [1.807, 2.05) is 22.9 Å². The van der Waals surface area contributed by atoms with Crippen LogP contribution in [0.4, 0.5) is 0 Å². The van der Waals surface area contributed by atoms with Crippen LogP contribution in [0, 0.1) is 11.3 Å². The van der Waals surface area contributed by atoms with Crippen LogP contribution in [0.25, 0.3) is 0 Å². The molecule has 1 amide bonds. The molecule has 0 saturated carbocycles. The fraction of sp³-hybridized carbons (Fsp3) is 0.375. The zero-order valence-electron chi connectivity index (χ0n) is 13.2. The van der Waals surface area contributed by atoms with Gasteiger partial charge >= 0.3 is 5.69 Å². The van der Waals surface area contributed by atoms with Crippen molar-refractivity contribution in [3.05, 3.63) is 54.5 Å². The van der Waals surface area contributed by atoms with Crippen LogP contribution in [0.15, 0.2) is 26.4 Å². The van der Waals surface area contributed by atoms with Crippen LogP contribution in [-0.4, -0.2) is 27.0 Å². The van der Waals surface area contributed by atoms with Gasteiger partial charge in [0.25, 0.3) is 5.56 Å². The lowest BCUT2D eigenvalue weighted by molar-refractivity contribution is -0.131. The van der Waals surface area contributed by atoms with Gasteiger partial charge < -0.3 is 4.90 Å². The summed E-state index contributed by atoms with van der Waals surface area (Å²) in [7, 11) is 1.63. The minimum absolute atomic E-state index is 0.0274. The molecular formula is C16H16N4O3S. The second-order valence-electron chi connectivity index (χ2n) is 5.74. The Morgan fingerprint density at radius 3 is 2.92 bits per heavy atom. The molecule has 0 radical (unpaired) electrons. The smallest absolute Gasteiger partial charge is 0.331 e. The fourth-order valence-corrected chi connectivity index (χ4v) is 3.55. The number of likely N-dealkylation sites (N-methyl/N-ethyl adjacent to an activating group) is 1. The van der Waals surface area contributed by atoms with Crippen molar-refractivity contribution >= 4 is 17.2 Å². The molecule has 8 heteroatoms. The van der Waals surface area contributed by atoms with E-state index in [-0.39, 0.29) is 18.0 Å². The summed E-state index contributed by atoms with van der Waals surface area (Å²) in [4.78, 5) is 38.7. The van der Waals surface area contributed by atoms with Crippen molar-refractivity contribution in [3.63, 3.8) is 0 Å². The van der Waals surface area contributed by atoms with Crippen LogP contribution in [-0.2, 0) is 30.8 Å². The molecule has 0 saturated heterocycles. The molecule has 24 heavy (non-hydrogen) atoms. The van der Waals surface area contributed by atoms with Crippen LogP contribution in [0.2, 0.25) is 0 Å². The number of fused-ring (bicyclic) bond motifs is 1. The van der Waals surface area contributed by atoms with Crippen LogP contribution in [0.1, 0.15) is 23.2 Å². The Kier molecular flexibility index (Phi) is 4.36. The molecule has 0 aliphatic carbocycles. The number of aromatic nitrogens is 2. The largest absolute Gasteiger partial charge is 0.340 e. The first-order chi connectivity index (χ1) is 11.5. The standard InChI is InChI=1S/C16H16N4O3S/c1-18(8-11-4-6-24-10-11)14(21)9-20-15(22)12(7-17)13-3-2-5-19(13)16(20)23/h4,6,10H,2-3,5,8-9H2,1H3. The second-order valence-corrected chi connectivity index (χ2v) is 6.52. The molecule has 0 bridgehead atoms. The summed E-state index contributed by atoms with van der Waals surface area (Å²) >= 11 is 1.54. The number of carbonyl (C=O) groups excluding carboxylic acids is 1. The average molecular weight is 344 g/mol. The molecule has 0 N–H and O–H groups in total. The number of hydrogen-bond acceptors (Lipinski definition) is 5. The summed E-state index contributed by atoms with van der Waals surface area (Å²) in [6, 6.07) is 3.80. The van der Waals surface area contributed by atoms with Gasteiger partial charge in [-0.3, -0.25) is 14.2 Å². The van der Waals surface area contributed by atoms with Crippen molar-refractivity contribution in [2.75, 3.05) is 7.05 Å². The van der Waals surface area contributed by atoms with E-state index in [0.29, 0.717) is 25.2 Å². The summed E-state index contributed by atoms with van der Waals surface area (Å²) in [5, 5.41) is 13.1. The van der Waals surface area contributed by atoms with Crippen LogP contribution in [0.3, 0.4) is 0 Å². The molecule has 3 heterocycles. The first-order valence-corrected chi connectivity index (χ1v) is 8.49. The van der Waals surface area contributed by atoms with Gasteiger partial charge in [0, 0.05) is 25.8 Å². The van der Waals surface area contributed by atoms with Crippen molar-refractivity contribution in [2.24, 2.45) is 0 Å². The predicted octanol–water partition coefficient (Wildman–Crippen LogP) is 0.548. The number of amides is 1. The molecule has 0 atom stereocenters. The minimum atomic E-state index is -0.673. The lowest BCUT2D eigenvalue weighted by atomic mass is 10.2. The molecule has 1 aliphatic heterocycles. The van der Waals surface area contributed by atoms with E-state index < -0.39 is 11.2 Å². The zero-order chi connectivity index (χ0) is 17.3. The third-order valence-electron chi connectivity index (χ3n) is 4.16. The first-order valence-electron chi connectivity index (χ1n) is 7.54. The van der Waals surface area contributed by atoms with Gasteiger partial charge in [0.2, 0.25) is 5.91 Å². The molecule has 1 aliphatic rings. The number of carbonyl (C=O) groups is 1. The molecule has 0 spiro atoms. The maximum atomic E-state index is 12.5. The highest BCUT2D eigenvalue weighted by Gasteiger charge is 2.24. The molecule has 124 valence electrons. The summed E-state index contributed by atoms with van der Waals surface area (Å²) in [6.07, 6.45) is 1.26. The summed E-state index contributed by atoms with van der Waals surface area (Å²) in [6.45, 7) is 0.532. The Morgan fingerprint density at radius 2 is 2.25 bits per heavy atom. The monoisotopic (exact) mass is 344 g/mol. The zero-order valence-corrected chi connectivity index (χ0v) is 14.0. The normalized spacial score (nSPS) is 12.7. The Labute approximate surface area is 142 Å². The van der Waals surface area contributed by atoms with Gasteiger partial charge in [0.1, 0.15) is 18.2 Å². The summed E-state index contributed by atoms with van der Waals surface area (Å²) in [5.74, 6) is -0.345. The van der Waals surface area contributed by atoms with E-state index in [1.54, 1.807) is 7.05 Å². The SMILES string of the molecule is CN(Cc1ccsc1)C(=O)Cn1c(=O)c(C#N)c2n(c1=O)CCC2. The number of rotatable bonds is 4. The molecule has 2 aromatic heterocycles. The molecule has 7 nitrogen and oxygen atoms in total. The summed E-state index contributed by atoms with van der Waals surface area (Å²) < 4.78 is 2.31. The molecule has 3 rings (SSSR count). The van der Waals surface area contributed by atoms with Crippen LogP contribution < -0.4 is 11.2 Å². The average Bonchev–Trinajstić information content (AvgIpc) is 3.23. The van der Waals surface area contributed by atoms with Gasteiger partial charge in [-0.25, -0.2) is 9.36 Å². The van der Waals surface area contributed by atoms with E-state index in [9.17, 15) is 19.6 Å². The predicted molar refractivity (Wildman–Crippen MR) is 88.8 cm³/mol. The maximum absolute atomic E-state index is 12.5. The quantitative estimate of drug-likeness (QED) is 0.810. The van der Waals surface area contributed by atoms with E-state index >= 15 is 0 Å². The summed E-state index contributed by atoms with van der Waals surface area (Å²) in [5.41, 5.74) is 0.270.